The van der Waals surface area contributed by atoms with Crippen molar-refractivity contribution in [3.05, 3.63) is 72.9 Å². The first-order valence-electron chi connectivity index (χ1n) is 13.3. The molecule has 1 atom stereocenters. The summed E-state index contributed by atoms with van der Waals surface area (Å²) in [6, 6.07) is 7.07. The van der Waals surface area contributed by atoms with Crippen molar-refractivity contribution >= 4 is 34.6 Å². The van der Waals surface area contributed by atoms with Crippen LogP contribution in [0.2, 0.25) is 5.02 Å². The van der Waals surface area contributed by atoms with E-state index in [9.17, 15) is 4.79 Å². The third-order valence-electron chi connectivity index (χ3n) is 6.45. The average molecular weight is 601 g/mol. The minimum absolute atomic E-state index is 0.116. The number of azide groups is 1. The van der Waals surface area contributed by atoms with E-state index < -0.39 is 6.04 Å². The van der Waals surface area contributed by atoms with Gasteiger partial charge in [0, 0.05) is 39.0 Å². The number of aryl methyl sites for hydroxylation is 2. The van der Waals surface area contributed by atoms with E-state index in [1.165, 1.54) is 4.88 Å². The second-order valence-corrected chi connectivity index (χ2v) is 10.9. The lowest BCUT2D eigenvalue weighted by molar-refractivity contribution is -0.121. The summed E-state index contributed by atoms with van der Waals surface area (Å²) in [5.41, 5.74) is 12.1. The minimum atomic E-state index is -0.524. The molecule has 0 aliphatic carbocycles. The molecular weight excluding hydrogens is 568 g/mol. The third-order valence-corrected chi connectivity index (χ3v) is 7.89. The number of nitrogens with zero attached hydrogens (tertiary/aromatic N) is 7. The number of aromatic nitrogens is 3. The van der Waals surface area contributed by atoms with E-state index in [1.54, 1.807) is 11.3 Å². The van der Waals surface area contributed by atoms with E-state index >= 15 is 0 Å². The van der Waals surface area contributed by atoms with Crippen LogP contribution in [0.4, 0.5) is 0 Å². The van der Waals surface area contributed by atoms with Gasteiger partial charge >= 0.3 is 0 Å². The standard InChI is InChI=1S/C27H33ClN8O4S/c1-17-18(2)41-27-24(17)25(20-4-6-21(28)7-5-20)32-22(26-34-33-19(3)36(26)27)16-23(37)30-8-10-38-12-14-40-15-13-39-11-9-31-35-29/h4-7,22H,8-16H2,1-3H3,(H,30,37)/t22-/m0/s1. The van der Waals surface area contributed by atoms with Crippen molar-refractivity contribution in [2.24, 2.45) is 10.1 Å². The molecule has 0 unspecified atom stereocenters. The molecule has 1 aliphatic heterocycles. The van der Waals surface area contributed by atoms with E-state index in [2.05, 4.69) is 39.4 Å². The monoisotopic (exact) mass is 600 g/mol. The van der Waals surface area contributed by atoms with Crippen LogP contribution in [0.5, 0.6) is 0 Å². The summed E-state index contributed by atoms with van der Waals surface area (Å²) in [7, 11) is 0. The van der Waals surface area contributed by atoms with Gasteiger partial charge < -0.3 is 19.5 Å². The van der Waals surface area contributed by atoms with Crippen LogP contribution in [0.3, 0.4) is 0 Å². The number of carbonyl (C=O) groups is 1. The van der Waals surface area contributed by atoms with Gasteiger partial charge in [-0.1, -0.05) is 28.8 Å². The molecular formula is C27H33ClN8O4S. The van der Waals surface area contributed by atoms with Gasteiger partial charge in [-0.2, -0.15) is 0 Å². The van der Waals surface area contributed by atoms with Crippen LogP contribution < -0.4 is 5.32 Å². The molecule has 1 N–H and O–H groups in total. The van der Waals surface area contributed by atoms with Crippen molar-refractivity contribution in [3.8, 4) is 5.00 Å². The number of hydrogen-bond acceptors (Lipinski definition) is 9. The maximum atomic E-state index is 13.0. The lowest BCUT2D eigenvalue weighted by Gasteiger charge is -2.13. The van der Waals surface area contributed by atoms with Gasteiger partial charge in [0.25, 0.3) is 0 Å². The van der Waals surface area contributed by atoms with E-state index in [1.807, 2.05) is 35.8 Å². The van der Waals surface area contributed by atoms with E-state index in [0.717, 1.165) is 33.2 Å². The second-order valence-electron chi connectivity index (χ2n) is 9.25. The fraction of sp³-hybridized carbons (Fsp3) is 0.481. The van der Waals surface area contributed by atoms with Gasteiger partial charge in [-0.15, -0.1) is 21.5 Å². The van der Waals surface area contributed by atoms with Crippen LogP contribution >= 0.6 is 22.9 Å². The number of thiophene rings is 1. The molecule has 14 heteroatoms. The molecule has 218 valence electrons. The van der Waals surface area contributed by atoms with E-state index in [-0.39, 0.29) is 12.3 Å². The number of hydrogen-bond donors (Lipinski definition) is 1. The predicted octanol–water partition coefficient (Wildman–Crippen LogP) is 4.67. The molecule has 3 aromatic rings. The number of rotatable bonds is 15. The van der Waals surface area contributed by atoms with Gasteiger partial charge in [0.2, 0.25) is 5.91 Å². The summed E-state index contributed by atoms with van der Waals surface area (Å²) >= 11 is 7.84. The Morgan fingerprint density at radius 1 is 1.07 bits per heavy atom. The number of ether oxygens (including phenoxy) is 3. The Morgan fingerprint density at radius 2 is 1.76 bits per heavy atom. The van der Waals surface area contributed by atoms with Crippen LogP contribution in [0.15, 0.2) is 34.4 Å². The highest BCUT2D eigenvalue weighted by molar-refractivity contribution is 7.15. The van der Waals surface area contributed by atoms with Crippen molar-refractivity contribution in [1.29, 1.82) is 0 Å². The topological polar surface area (TPSA) is 149 Å². The zero-order valence-electron chi connectivity index (χ0n) is 23.3. The smallest absolute Gasteiger partial charge is 0.222 e. The molecule has 4 rings (SSSR count). The molecule has 1 aliphatic rings. The van der Waals surface area contributed by atoms with Crippen LogP contribution in [-0.2, 0) is 19.0 Å². The number of amides is 1. The normalized spacial score (nSPS) is 14.0. The summed E-state index contributed by atoms with van der Waals surface area (Å²) < 4.78 is 18.3. The van der Waals surface area contributed by atoms with Crippen LogP contribution in [0, 0.1) is 20.8 Å². The molecule has 1 aromatic carbocycles. The maximum absolute atomic E-state index is 13.0. The molecule has 0 fully saturated rings. The number of benzene rings is 1. The van der Waals surface area contributed by atoms with E-state index in [0.29, 0.717) is 63.6 Å². The first-order valence-corrected chi connectivity index (χ1v) is 14.5. The molecule has 1 amide bonds. The first kappa shape index (κ1) is 30.6. The Balaban J connectivity index is 1.34. The average Bonchev–Trinajstić information content (AvgIpc) is 3.43. The first-order chi connectivity index (χ1) is 19.9. The van der Waals surface area contributed by atoms with Crippen LogP contribution in [-0.4, -0.2) is 79.1 Å². The largest absolute Gasteiger partial charge is 0.379 e. The lowest BCUT2D eigenvalue weighted by atomic mass is 9.99. The van der Waals surface area contributed by atoms with Gasteiger partial charge in [0.15, 0.2) is 5.82 Å². The van der Waals surface area contributed by atoms with Gasteiger partial charge in [-0.05, 0) is 44.0 Å². The second kappa shape index (κ2) is 15.1. The molecule has 0 radical (unpaired) electrons. The Hall–Kier alpha value is -3.32. The van der Waals surface area contributed by atoms with Gasteiger partial charge in [0.05, 0.1) is 51.8 Å². The SMILES string of the molecule is Cc1sc2c(c1C)C(c1ccc(Cl)cc1)=N[C@@H](CC(=O)NCCOCCOCCOCCN=[N+]=[N-])c1nnc(C)n1-2. The lowest BCUT2D eigenvalue weighted by Crippen LogP contribution is -2.29. The Labute approximate surface area is 247 Å². The highest BCUT2D eigenvalue weighted by Gasteiger charge is 2.32. The van der Waals surface area contributed by atoms with E-state index in [4.69, 9.17) is 36.3 Å². The quantitative estimate of drug-likeness (QED) is 0.116. The zero-order chi connectivity index (χ0) is 29.2. The molecule has 0 saturated carbocycles. The van der Waals surface area contributed by atoms with Crippen molar-refractivity contribution in [1.82, 2.24) is 20.1 Å². The summed E-state index contributed by atoms with van der Waals surface area (Å²) in [5, 5.41) is 16.7. The molecule has 41 heavy (non-hydrogen) atoms. The summed E-state index contributed by atoms with van der Waals surface area (Å²) in [5.74, 6) is 1.23. The third kappa shape index (κ3) is 7.91. The summed E-state index contributed by atoms with van der Waals surface area (Å²) in [6.07, 6.45) is 0.116. The molecule has 0 spiro atoms. The molecule has 0 bridgehead atoms. The highest BCUT2D eigenvalue weighted by Crippen LogP contribution is 2.39. The van der Waals surface area contributed by atoms with Crippen molar-refractivity contribution in [2.45, 2.75) is 33.2 Å². The maximum Gasteiger partial charge on any atom is 0.222 e. The number of carbonyl (C=O) groups excluding carboxylic acids is 1. The van der Waals surface area contributed by atoms with Crippen molar-refractivity contribution in [3.63, 3.8) is 0 Å². The molecule has 0 saturated heterocycles. The minimum Gasteiger partial charge on any atom is -0.379 e. The Morgan fingerprint density at radius 3 is 2.46 bits per heavy atom. The van der Waals surface area contributed by atoms with Gasteiger partial charge in [0.1, 0.15) is 16.9 Å². The highest BCUT2D eigenvalue weighted by atomic mass is 35.5. The zero-order valence-corrected chi connectivity index (χ0v) is 24.9. The van der Waals surface area contributed by atoms with Gasteiger partial charge in [-0.3, -0.25) is 14.4 Å². The fourth-order valence-electron chi connectivity index (χ4n) is 4.33. The van der Waals surface area contributed by atoms with Crippen molar-refractivity contribution < 1.29 is 19.0 Å². The number of nitrogens with one attached hydrogen (secondary N) is 1. The summed E-state index contributed by atoms with van der Waals surface area (Å²) in [4.78, 5) is 21.9. The molecule has 3 heterocycles. The molecule has 12 nitrogen and oxygen atoms in total. The number of fused-ring (bicyclic) bond motifs is 3. The number of halogens is 1. The summed E-state index contributed by atoms with van der Waals surface area (Å²) in [6.45, 7) is 9.13. The predicted molar refractivity (Wildman–Crippen MR) is 157 cm³/mol. The van der Waals surface area contributed by atoms with Crippen LogP contribution in [0.1, 0.15) is 45.7 Å². The van der Waals surface area contributed by atoms with Gasteiger partial charge in [-0.25, -0.2) is 0 Å². The molecule has 2 aromatic heterocycles. The fourth-order valence-corrected chi connectivity index (χ4v) is 5.67. The Kier molecular flexibility index (Phi) is 11.3. The Bertz CT molecular complexity index is 1420. The van der Waals surface area contributed by atoms with Crippen LogP contribution in [0.25, 0.3) is 15.4 Å². The van der Waals surface area contributed by atoms with Crippen molar-refractivity contribution in [2.75, 3.05) is 52.7 Å². The number of aliphatic imine (C=N–C) groups is 1.